The van der Waals surface area contributed by atoms with Gasteiger partial charge in [-0.25, -0.2) is 4.39 Å². The van der Waals surface area contributed by atoms with Crippen molar-refractivity contribution in [3.8, 4) is 12.1 Å². The van der Waals surface area contributed by atoms with Crippen molar-refractivity contribution >= 4 is 17.3 Å². The van der Waals surface area contributed by atoms with Gasteiger partial charge in [0.25, 0.3) is 5.91 Å². The summed E-state index contributed by atoms with van der Waals surface area (Å²) in [6.45, 7) is 0. The van der Waals surface area contributed by atoms with Crippen LogP contribution in [-0.2, 0) is 0 Å². The summed E-state index contributed by atoms with van der Waals surface area (Å²) in [6, 6.07) is 11.5. The SMILES string of the molecule is N#Cc1ccc(NC(=O)c2ccc(F)cc2N)cc1C#N. The van der Waals surface area contributed by atoms with Gasteiger partial charge in [0.15, 0.2) is 0 Å². The van der Waals surface area contributed by atoms with E-state index in [1.807, 2.05) is 12.1 Å². The van der Waals surface area contributed by atoms with Crippen LogP contribution in [0.5, 0.6) is 0 Å². The molecule has 2 aromatic rings. The molecule has 0 saturated carbocycles. The Morgan fingerprint density at radius 2 is 1.81 bits per heavy atom. The Morgan fingerprint density at radius 1 is 1.10 bits per heavy atom. The molecule has 0 aromatic heterocycles. The van der Waals surface area contributed by atoms with E-state index in [0.29, 0.717) is 5.69 Å². The highest BCUT2D eigenvalue weighted by Crippen LogP contribution is 2.18. The Balaban J connectivity index is 2.28. The average Bonchev–Trinajstić information content (AvgIpc) is 2.46. The molecule has 1 amide bonds. The Labute approximate surface area is 120 Å². The fraction of sp³-hybridized carbons (Fsp3) is 0. The lowest BCUT2D eigenvalue weighted by Gasteiger charge is -2.08. The molecule has 6 heteroatoms. The maximum absolute atomic E-state index is 12.9. The van der Waals surface area contributed by atoms with Crippen LogP contribution in [-0.4, -0.2) is 5.91 Å². The molecule has 0 saturated heterocycles. The first-order valence-corrected chi connectivity index (χ1v) is 5.86. The van der Waals surface area contributed by atoms with Crippen LogP contribution in [0.15, 0.2) is 36.4 Å². The van der Waals surface area contributed by atoms with E-state index in [0.717, 1.165) is 12.1 Å². The summed E-state index contributed by atoms with van der Waals surface area (Å²) >= 11 is 0. The average molecular weight is 280 g/mol. The highest BCUT2D eigenvalue weighted by Gasteiger charge is 2.11. The molecule has 0 heterocycles. The number of hydrogen-bond donors (Lipinski definition) is 2. The predicted octanol–water partition coefficient (Wildman–Crippen LogP) is 2.40. The van der Waals surface area contributed by atoms with Gasteiger partial charge in [-0.05, 0) is 36.4 Å². The molecule has 0 atom stereocenters. The third kappa shape index (κ3) is 2.96. The molecule has 0 unspecified atom stereocenters. The van der Waals surface area contributed by atoms with E-state index >= 15 is 0 Å². The highest BCUT2D eigenvalue weighted by molar-refractivity contribution is 6.07. The standard InChI is InChI=1S/C15H9FN4O/c16-11-2-4-13(14(19)6-11)15(21)20-12-3-1-9(7-17)10(5-12)8-18/h1-6H,19H2,(H,20,21). The number of nitriles is 2. The second kappa shape index (κ2) is 5.72. The van der Waals surface area contributed by atoms with E-state index in [4.69, 9.17) is 16.3 Å². The van der Waals surface area contributed by atoms with E-state index in [1.165, 1.54) is 24.3 Å². The van der Waals surface area contributed by atoms with Crippen molar-refractivity contribution in [3.05, 3.63) is 58.9 Å². The topological polar surface area (TPSA) is 103 Å². The number of nitrogens with zero attached hydrogens (tertiary/aromatic N) is 2. The van der Waals surface area contributed by atoms with Gasteiger partial charge in [-0.1, -0.05) is 0 Å². The summed E-state index contributed by atoms with van der Waals surface area (Å²) in [4.78, 5) is 12.0. The van der Waals surface area contributed by atoms with Crippen molar-refractivity contribution in [2.24, 2.45) is 0 Å². The largest absolute Gasteiger partial charge is 0.398 e. The third-order valence-corrected chi connectivity index (χ3v) is 2.78. The Hall–Kier alpha value is -3.38. The van der Waals surface area contributed by atoms with Gasteiger partial charge in [-0.2, -0.15) is 10.5 Å². The number of anilines is 2. The lowest BCUT2D eigenvalue weighted by Crippen LogP contribution is -2.14. The second-order valence-corrected chi connectivity index (χ2v) is 4.17. The zero-order valence-electron chi connectivity index (χ0n) is 10.7. The van der Waals surface area contributed by atoms with Crippen molar-refractivity contribution < 1.29 is 9.18 Å². The Bertz CT molecular complexity index is 802. The first-order chi connectivity index (χ1) is 10.0. The van der Waals surface area contributed by atoms with Crippen molar-refractivity contribution in [1.29, 1.82) is 10.5 Å². The smallest absolute Gasteiger partial charge is 0.257 e. The van der Waals surface area contributed by atoms with Gasteiger partial charge in [-0.3, -0.25) is 4.79 Å². The zero-order valence-corrected chi connectivity index (χ0v) is 10.7. The molecule has 2 rings (SSSR count). The van der Waals surface area contributed by atoms with Crippen LogP contribution in [0.4, 0.5) is 15.8 Å². The molecule has 0 aliphatic rings. The number of hydrogen-bond acceptors (Lipinski definition) is 4. The van der Waals surface area contributed by atoms with Gasteiger partial charge in [0.05, 0.1) is 16.7 Å². The molecule has 0 aliphatic heterocycles. The number of benzene rings is 2. The van der Waals surface area contributed by atoms with E-state index in [-0.39, 0.29) is 22.4 Å². The quantitative estimate of drug-likeness (QED) is 0.824. The monoisotopic (exact) mass is 280 g/mol. The lowest BCUT2D eigenvalue weighted by atomic mass is 10.1. The lowest BCUT2D eigenvalue weighted by molar-refractivity contribution is 0.102. The number of carbonyl (C=O) groups excluding carboxylic acids is 1. The van der Waals surface area contributed by atoms with Gasteiger partial charge in [0.1, 0.15) is 18.0 Å². The van der Waals surface area contributed by atoms with E-state index < -0.39 is 11.7 Å². The minimum absolute atomic E-state index is 0.0154. The van der Waals surface area contributed by atoms with Crippen LogP contribution in [0.25, 0.3) is 0 Å². The molecular weight excluding hydrogens is 271 g/mol. The summed E-state index contributed by atoms with van der Waals surface area (Å²) in [6.07, 6.45) is 0. The number of nitrogens with two attached hydrogens (primary N) is 1. The van der Waals surface area contributed by atoms with E-state index in [1.54, 1.807) is 0 Å². The Kier molecular flexibility index (Phi) is 3.83. The van der Waals surface area contributed by atoms with Gasteiger partial charge < -0.3 is 11.1 Å². The Morgan fingerprint density at radius 3 is 2.43 bits per heavy atom. The maximum Gasteiger partial charge on any atom is 0.257 e. The molecule has 0 spiro atoms. The first kappa shape index (κ1) is 14.0. The number of rotatable bonds is 2. The van der Waals surface area contributed by atoms with E-state index in [9.17, 15) is 9.18 Å². The molecule has 3 N–H and O–H groups in total. The van der Waals surface area contributed by atoms with Gasteiger partial charge >= 0.3 is 0 Å². The maximum atomic E-state index is 12.9. The number of amides is 1. The van der Waals surface area contributed by atoms with Crippen LogP contribution >= 0.6 is 0 Å². The summed E-state index contributed by atoms with van der Waals surface area (Å²) in [7, 11) is 0. The summed E-state index contributed by atoms with van der Waals surface area (Å²) in [5.41, 5.74) is 6.44. The van der Waals surface area contributed by atoms with E-state index in [2.05, 4.69) is 5.32 Å². The molecular formula is C15H9FN4O. The molecule has 5 nitrogen and oxygen atoms in total. The van der Waals surface area contributed by atoms with Crippen molar-refractivity contribution in [2.45, 2.75) is 0 Å². The molecule has 102 valence electrons. The number of carbonyl (C=O) groups is 1. The van der Waals surface area contributed by atoms with Crippen LogP contribution in [0.2, 0.25) is 0 Å². The molecule has 0 aliphatic carbocycles. The van der Waals surface area contributed by atoms with Crippen LogP contribution < -0.4 is 11.1 Å². The van der Waals surface area contributed by atoms with Crippen LogP contribution in [0.1, 0.15) is 21.5 Å². The van der Waals surface area contributed by atoms with Gasteiger partial charge in [-0.15, -0.1) is 0 Å². The molecule has 0 bridgehead atoms. The zero-order chi connectivity index (χ0) is 15.4. The minimum atomic E-state index is -0.533. The molecule has 21 heavy (non-hydrogen) atoms. The first-order valence-electron chi connectivity index (χ1n) is 5.86. The van der Waals surface area contributed by atoms with Gasteiger partial charge in [0.2, 0.25) is 0 Å². The fourth-order valence-corrected chi connectivity index (χ4v) is 1.75. The number of halogens is 1. The molecule has 0 fully saturated rings. The summed E-state index contributed by atoms with van der Waals surface area (Å²) in [5, 5.41) is 20.3. The number of nitrogen functional groups attached to an aromatic ring is 1. The van der Waals surface area contributed by atoms with Crippen molar-refractivity contribution in [3.63, 3.8) is 0 Å². The molecule has 0 radical (unpaired) electrons. The predicted molar refractivity (Wildman–Crippen MR) is 74.6 cm³/mol. The highest BCUT2D eigenvalue weighted by atomic mass is 19.1. The normalized spacial score (nSPS) is 9.48. The van der Waals surface area contributed by atoms with Gasteiger partial charge in [0, 0.05) is 11.4 Å². The third-order valence-electron chi connectivity index (χ3n) is 2.78. The number of nitrogens with one attached hydrogen (secondary N) is 1. The van der Waals surface area contributed by atoms with Crippen molar-refractivity contribution in [2.75, 3.05) is 11.1 Å². The molecule has 2 aromatic carbocycles. The van der Waals surface area contributed by atoms with Crippen molar-refractivity contribution in [1.82, 2.24) is 0 Å². The van der Waals surface area contributed by atoms with Crippen LogP contribution in [0, 0.1) is 28.5 Å². The van der Waals surface area contributed by atoms with Crippen LogP contribution in [0.3, 0.4) is 0 Å². The second-order valence-electron chi connectivity index (χ2n) is 4.17. The fourth-order valence-electron chi connectivity index (χ4n) is 1.75. The minimum Gasteiger partial charge on any atom is -0.398 e. The summed E-state index contributed by atoms with van der Waals surface area (Å²) < 4.78 is 12.9. The summed E-state index contributed by atoms with van der Waals surface area (Å²) in [5.74, 6) is -1.06.